The standard InChI is InChI=1S/C17H24N2O2/c18-15-8-4-7-14-13(15)6-5-9-16(14)21-12-17(20)19-10-2-1-3-11-19/h5-6,9,15H,1-4,7-8,10-12,18H2. The van der Waals surface area contributed by atoms with Gasteiger partial charge in [0.2, 0.25) is 0 Å². The average molecular weight is 288 g/mol. The summed E-state index contributed by atoms with van der Waals surface area (Å²) in [7, 11) is 0. The molecule has 1 fully saturated rings. The van der Waals surface area contributed by atoms with Crippen molar-refractivity contribution in [3.8, 4) is 5.75 Å². The number of fused-ring (bicyclic) bond motifs is 1. The molecule has 1 aliphatic heterocycles. The second kappa shape index (κ2) is 6.48. The molecule has 1 heterocycles. The molecule has 1 atom stereocenters. The first-order chi connectivity index (χ1) is 10.3. The summed E-state index contributed by atoms with van der Waals surface area (Å²) < 4.78 is 5.82. The molecule has 1 amide bonds. The highest BCUT2D eigenvalue weighted by molar-refractivity contribution is 5.77. The number of nitrogens with zero attached hydrogens (tertiary/aromatic N) is 1. The molecule has 0 radical (unpaired) electrons. The normalized spacial score (nSPS) is 21.8. The van der Waals surface area contributed by atoms with Crippen molar-refractivity contribution < 1.29 is 9.53 Å². The first-order valence-electron chi connectivity index (χ1n) is 8.03. The third-order valence-corrected chi connectivity index (χ3v) is 4.57. The second-order valence-corrected chi connectivity index (χ2v) is 6.05. The smallest absolute Gasteiger partial charge is 0.260 e. The predicted molar refractivity (Wildman–Crippen MR) is 82.2 cm³/mol. The number of hydrogen-bond donors (Lipinski definition) is 1. The Hall–Kier alpha value is -1.55. The summed E-state index contributed by atoms with van der Waals surface area (Å²) in [4.78, 5) is 14.1. The summed E-state index contributed by atoms with van der Waals surface area (Å²) in [6.45, 7) is 1.89. The number of nitrogens with two attached hydrogens (primary N) is 1. The third-order valence-electron chi connectivity index (χ3n) is 4.57. The average Bonchev–Trinajstić information content (AvgIpc) is 2.54. The van der Waals surface area contributed by atoms with Gasteiger partial charge in [0, 0.05) is 19.1 Å². The van der Waals surface area contributed by atoms with Gasteiger partial charge in [0.15, 0.2) is 6.61 Å². The van der Waals surface area contributed by atoms with Crippen molar-refractivity contribution in [2.24, 2.45) is 5.73 Å². The Balaban J connectivity index is 1.65. The van der Waals surface area contributed by atoms with Crippen LogP contribution in [0.3, 0.4) is 0 Å². The summed E-state index contributed by atoms with van der Waals surface area (Å²) in [5, 5.41) is 0. The number of carbonyl (C=O) groups is 1. The molecule has 1 aliphatic carbocycles. The molecule has 4 nitrogen and oxygen atoms in total. The van der Waals surface area contributed by atoms with Gasteiger partial charge in [0.1, 0.15) is 5.75 Å². The van der Waals surface area contributed by atoms with Gasteiger partial charge in [-0.1, -0.05) is 12.1 Å². The maximum absolute atomic E-state index is 12.2. The van der Waals surface area contributed by atoms with Crippen LogP contribution < -0.4 is 10.5 Å². The van der Waals surface area contributed by atoms with Crippen molar-refractivity contribution in [3.05, 3.63) is 29.3 Å². The Bertz CT molecular complexity index is 510. The van der Waals surface area contributed by atoms with Gasteiger partial charge >= 0.3 is 0 Å². The number of likely N-dealkylation sites (tertiary alicyclic amines) is 1. The van der Waals surface area contributed by atoms with E-state index in [9.17, 15) is 4.79 Å². The lowest BCUT2D eigenvalue weighted by molar-refractivity contribution is -0.134. The SMILES string of the molecule is NC1CCCc2c(OCC(=O)N3CCCCC3)cccc21. The van der Waals surface area contributed by atoms with Gasteiger partial charge < -0.3 is 15.4 Å². The van der Waals surface area contributed by atoms with E-state index in [1.807, 2.05) is 17.0 Å². The molecular weight excluding hydrogens is 264 g/mol. The van der Waals surface area contributed by atoms with Crippen LogP contribution in [-0.2, 0) is 11.2 Å². The van der Waals surface area contributed by atoms with Gasteiger partial charge in [-0.05, 0) is 55.7 Å². The lowest BCUT2D eigenvalue weighted by Gasteiger charge is -2.27. The molecule has 1 unspecified atom stereocenters. The Morgan fingerprint density at radius 3 is 2.86 bits per heavy atom. The maximum atomic E-state index is 12.2. The summed E-state index contributed by atoms with van der Waals surface area (Å²) in [5.41, 5.74) is 8.54. The Labute approximate surface area is 126 Å². The number of rotatable bonds is 3. The molecule has 1 saturated heterocycles. The van der Waals surface area contributed by atoms with Gasteiger partial charge in [-0.15, -0.1) is 0 Å². The molecule has 21 heavy (non-hydrogen) atoms. The number of carbonyl (C=O) groups excluding carboxylic acids is 1. The fraction of sp³-hybridized carbons (Fsp3) is 0.588. The van der Waals surface area contributed by atoms with Gasteiger partial charge in [0.05, 0.1) is 0 Å². The molecular formula is C17H24N2O2. The van der Waals surface area contributed by atoms with Crippen LogP contribution in [0.2, 0.25) is 0 Å². The summed E-state index contributed by atoms with van der Waals surface area (Å²) in [6, 6.07) is 6.12. The van der Waals surface area contributed by atoms with Crippen LogP contribution in [0.15, 0.2) is 18.2 Å². The fourth-order valence-electron chi connectivity index (χ4n) is 3.36. The van der Waals surface area contributed by atoms with E-state index in [1.54, 1.807) is 0 Å². The van der Waals surface area contributed by atoms with E-state index >= 15 is 0 Å². The lowest BCUT2D eigenvalue weighted by Crippen LogP contribution is -2.38. The zero-order valence-corrected chi connectivity index (χ0v) is 12.5. The number of amides is 1. The van der Waals surface area contributed by atoms with Gasteiger partial charge in [-0.3, -0.25) is 4.79 Å². The molecule has 3 rings (SSSR count). The Morgan fingerprint density at radius 2 is 2.05 bits per heavy atom. The lowest BCUT2D eigenvalue weighted by atomic mass is 9.88. The van der Waals surface area contributed by atoms with E-state index < -0.39 is 0 Å². The molecule has 2 N–H and O–H groups in total. The molecule has 0 saturated carbocycles. The van der Waals surface area contributed by atoms with Crippen molar-refractivity contribution in [1.82, 2.24) is 4.90 Å². The minimum atomic E-state index is 0.104. The van der Waals surface area contributed by atoms with Crippen molar-refractivity contribution >= 4 is 5.91 Å². The van der Waals surface area contributed by atoms with Gasteiger partial charge in [0.25, 0.3) is 5.91 Å². The number of benzene rings is 1. The molecule has 4 heteroatoms. The van der Waals surface area contributed by atoms with Crippen LogP contribution in [0, 0.1) is 0 Å². The zero-order valence-electron chi connectivity index (χ0n) is 12.5. The summed E-state index contributed by atoms with van der Waals surface area (Å²) in [5.74, 6) is 0.945. The van der Waals surface area contributed by atoms with E-state index in [0.717, 1.165) is 50.9 Å². The van der Waals surface area contributed by atoms with Crippen LogP contribution in [0.1, 0.15) is 49.3 Å². The largest absolute Gasteiger partial charge is 0.483 e. The van der Waals surface area contributed by atoms with Crippen LogP contribution in [0.25, 0.3) is 0 Å². The number of ether oxygens (including phenoxy) is 1. The molecule has 1 aromatic carbocycles. The van der Waals surface area contributed by atoms with Crippen LogP contribution >= 0.6 is 0 Å². The van der Waals surface area contributed by atoms with Crippen molar-refractivity contribution in [3.63, 3.8) is 0 Å². The Morgan fingerprint density at radius 1 is 1.24 bits per heavy atom. The maximum Gasteiger partial charge on any atom is 0.260 e. The minimum Gasteiger partial charge on any atom is -0.483 e. The second-order valence-electron chi connectivity index (χ2n) is 6.05. The first kappa shape index (κ1) is 14.4. The quantitative estimate of drug-likeness (QED) is 0.929. The highest BCUT2D eigenvalue weighted by Gasteiger charge is 2.21. The molecule has 1 aromatic rings. The topological polar surface area (TPSA) is 55.6 Å². The van der Waals surface area contributed by atoms with E-state index in [1.165, 1.54) is 17.5 Å². The monoisotopic (exact) mass is 288 g/mol. The van der Waals surface area contributed by atoms with Crippen molar-refractivity contribution in [2.45, 2.75) is 44.6 Å². The Kier molecular flexibility index (Phi) is 4.44. The summed E-state index contributed by atoms with van der Waals surface area (Å²) >= 11 is 0. The van der Waals surface area contributed by atoms with Crippen LogP contribution in [-0.4, -0.2) is 30.5 Å². The number of piperidine rings is 1. The molecule has 0 spiro atoms. The fourth-order valence-corrected chi connectivity index (χ4v) is 3.36. The van der Waals surface area contributed by atoms with E-state index in [-0.39, 0.29) is 18.6 Å². The first-order valence-corrected chi connectivity index (χ1v) is 8.03. The van der Waals surface area contributed by atoms with E-state index in [4.69, 9.17) is 10.5 Å². The highest BCUT2D eigenvalue weighted by atomic mass is 16.5. The molecule has 114 valence electrons. The predicted octanol–water partition coefficient (Wildman–Crippen LogP) is 2.41. The van der Waals surface area contributed by atoms with Crippen LogP contribution in [0.4, 0.5) is 0 Å². The number of hydrogen-bond acceptors (Lipinski definition) is 3. The molecule has 0 bridgehead atoms. The highest BCUT2D eigenvalue weighted by Crippen LogP contribution is 2.34. The zero-order chi connectivity index (χ0) is 14.7. The molecule has 0 aromatic heterocycles. The van der Waals surface area contributed by atoms with Gasteiger partial charge in [-0.25, -0.2) is 0 Å². The van der Waals surface area contributed by atoms with E-state index in [2.05, 4.69) is 6.07 Å². The van der Waals surface area contributed by atoms with Crippen molar-refractivity contribution in [2.75, 3.05) is 19.7 Å². The van der Waals surface area contributed by atoms with Crippen LogP contribution in [0.5, 0.6) is 5.75 Å². The van der Waals surface area contributed by atoms with Gasteiger partial charge in [-0.2, -0.15) is 0 Å². The van der Waals surface area contributed by atoms with Crippen molar-refractivity contribution in [1.29, 1.82) is 0 Å². The van der Waals surface area contributed by atoms with E-state index in [0.29, 0.717) is 0 Å². The molecule has 2 aliphatic rings. The minimum absolute atomic E-state index is 0.104. The third kappa shape index (κ3) is 3.21. The summed E-state index contributed by atoms with van der Waals surface area (Å²) in [6.07, 6.45) is 6.58.